The van der Waals surface area contributed by atoms with Gasteiger partial charge in [0.2, 0.25) is 71.4 Å². The molecule has 6 fully saturated rings. The van der Waals surface area contributed by atoms with E-state index in [9.17, 15) is 63.9 Å². The first-order chi connectivity index (χ1) is 48.7. The molecular weight excluding hydrogens is 1380 g/mol. The van der Waals surface area contributed by atoms with Crippen LogP contribution < -0.4 is 16.0 Å². The average molecular weight is 1490 g/mol. The van der Waals surface area contributed by atoms with Crippen LogP contribution in [0.3, 0.4) is 0 Å². The number of hydrogen-bond acceptors (Lipinski definition) is 11. The van der Waals surface area contributed by atoms with Crippen molar-refractivity contribution in [1.29, 1.82) is 0 Å². The predicted octanol–water partition coefficient (Wildman–Crippen LogP) is 7.90. The highest BCUT2D eigenvalue weighted by molar-refractivity contribution is 6.00. The summed E-state index contributed by atoms with van der Waals surface area (Å²) in [4.78, 5) is 173. The molecule has 32 heteroatoms. The first-order valence-electron chi connectivity index (χ1n) is 37.1. The molecule has 0 radical (unpaired) electrons. The molecule has 104 heavy (non-hydrogen) atoms. The number of nitrogens with one attached hydrogen (secondary N) is 3. The molecule has 2 bridgehead atoms. The van der Waals surface area contributed by atoms with E-state index in [-0.39, 0.29) is 83.1 Å². The van der Waals surface area contributed by atoms with Crippen molar-refractivity contribution in [2.45, 2.75) is 266 Å². The van der Waals surface area contributed by atoms with Crippen LogP contribution in [-0.4, -0.2) is 258 Å². The summed E-state index contributed by atoms with van der Waals surface area (Å²) in [6, 6.07) is -10.9. The number of nitrogens with zero attached hydrogens (tertiary/aromatic N) is 8. The van der Waals surface area contributed by atoms with E-state index in [2.05, 4.69) is 16.0 Å². The number of alkyl halides is 10. The zero-order valence-electron chi connectivity index (χ0n) is 61.7. The van der Waals surface area contributed by atoms with E-state index in [1.807, 2.05) is 0 Å². The van der Waals surface area contributed by atoms with Gasteiger partial charge in [0.15, 0.2) is 0 Å². The topological polar surface area (TPSA) is 250 Å². The van der Waals surface area contributed by atoms with Gasteiger partial charge in [-0.15, -0.1) is 0 Å². The fraction of sp³-hybridized carbons (Fsp3) is 0.819. The number of hydrogen-bond donors (Lipinski definition) is 3. The molecule has 0 aromatic rings. The van der Waals surface area contributed by atoms with E-state index in [0.29, 0.717) is 38.5 Å². The van der Waals surface area contributed by atoms with Crippen molar-refractivity contribution < 1.29 is 96.6 Å². The molecule has 1 saturated heterocycles. The number of fused-ring (bicyclic) bond motifs is 2. The SMILES string of the molecule is CC[C@H](C)[C@@H]1NC(=O)[C@H](CC2CC2)N(C)C(=O)C[C@@H](C)N(C)C(=O)[C@H](C2CCCC2)N(C)C(=O)C2(CCC2)NC(=O)[C@H](CCC(F)F)N(C)C(=O)[C@H](CCC2CC(F)C(C(F)(F)F)C(F)C2)NC(=O)CN(C)C(=O)[C@H](CC2CCC(C(F)(F)F)CC2)N2CC/C=C\C[C@@H](C2=O)N(C)C(=O)CN(C)C1=O. The monoisotopic (exact) mass is 1490 g/mol. The summed E-state index contributed by atoms with van der Waals surface area (Å²) in [6.07, 6.45) is -15.5. The Morgan fingerprint density at radius 1 is 0.577 bits per heavy atom. The molecule has 5 saturated carbocycles. The number of carbonyl (C=O) groups excluding carboxylic acids is 11. The third-order valence-electron chi connectivity index (χ3n) is 23.6. The zero-order valence-corrected chi connectivity index (χ0v) is 61.7. The molecule has 1 spiro atoms. The molecule has 7 aliphatic rings. The van der Waals surface area contributed by atoms with E-state index >= 15 is 32.8 Å². The van der Waals surface area contributed by atoms with Crippen molar-refractivity contribution in [3.63, 3.8) is 0 Å². The third-order valence-corrected chi connectivity index (χ3v) is 23.6. The molecule has 11 atom stereocenters. The van der Waals surface area contributed by atoms with Crippen molar-refractivity contribution in [3.05, 3.63) is 12.2 Å². The van der Waals surface area contributed by atoms with Crippen LogP contribution in [0.15, 0.2) is 12.2 Å². The molecule has 3 N–H and O–H groups in total. The van der Waals surface area contributed by atoms with Gasteiger partial charge in [0.25, 0.3) is 0 Å². The van der Waals surface area contributed by atoms with E-state index in [1.54, 1.807) is 32.9 Å². The van der Waals surface area contributed by atoms with E-state index < -0.39 is 237 Å². The van der Waals surface area contributed by atoms with Gasteiger partial charge in [0.1, 0.15) is 66.1 Å². The molecule has 22 nitrogen and oxygen atoms in total. The second-order valence-corrected chi connectivity index (χ2v) is 30.9. The van der Waals surface area contributed by atoms with E-state index in [0.717, 1.165) is 46.5 Å². The summed E-state index contributed by atoms with van der Waals surface area (Å²) in [5, 5.41) is 8.11. The van der Waals surface area contributed by atoms with Crippen LogP contribution in [0.25, 0.3) is 0 Å². The fourth-order valence-corrected chi connectivity index (χ4v) is 16.2. The second-order valence-electron chi connectivity index (χ2n) is 30.9. The summed E-state index contributed by atoms with van der Waals surface area (Å²) < 4.78 is 143. The molecule has 11 amide bonds. The molecule has 588 valence electrons. The van der Waals surface area contributed by atoms with Crippen LogP contribution in [0, 0.1) is 41.4 Å². The lowest BCUT2D eigenvalue weighted by Gasteiger charge is -2.47. The molecule has 0 aromatic carbocycles. The van der Waals surface area contributed by atoms with E-state index in [1.165, 1.54) is 54.8 Å². The highest BCUT2D eigenvalue weighted by Gasteiger charge is 2.55. The van der Waals surface area contributed by atoms with Gasteiger partial charge in [-0.25, -0.2) is 17.6 Å². The Morgan fingerprint density at radius 2 is 1.16 bits per heavy atom. The Balaban J connectivity index is 1.29. The Bertz CT molecular complexity index is 3060. The van der Waals surface area contributed by atoms with Gasteiger partial charge in [-0.1, -0.05) is 58.1 Å². The number of rotatable bonds is 13. The highest BCUT2D eigenvalue weighted by Crippen LogP contribution is 2.46. The van der Waals surface area contributed by atoms with Crippen LogP contribution >= 0.6 is 0 Å². The average Bonchev–Trinajstić information content (AvgIpc) is 0.866. The quantitative estimate of drug-likeness (QED) is 0.118. The van der Waals surface area contributed by atoms with Crippen molar-refractivity contribution in [2.24, 2.45) is 41.4 Å². The maximum Gasteiger partial charge on any atom is 0.397 e. The van der Waals surface area contributed by atoms with Crippen LogP contribution in [0.1, 0.15) is 181 Å². The standard InChI is InChI=1S/C72H109F10N11O11/c1-11-41(2)60-67(102)87(5)40-58(96)89(7)52-20-13-12-16-33-93(66(52)101)54(38-44-23-26-47(27-24-44)71(77,78)79)65(100)86(4)39-56(94)83-50(28-25-45-35-48(73)59(49(74)36-45)72(80,81)82)64(99)91(9)51(29-30-55(75)76)63(98)85-70(31-17-32-70)69(104)92(10)61(46-18-14-15-19-46)68(103)88(6)42(3)34-57(95)90(8)53(62(97)84-60)37-43-21-22-43/h12-13,41-55,59-61H,11,14-40H2,1-10H3,(H,83,94)(H,84,97)(H,85,98)/b13-12-/t41-,42+,44?,45?,47?,48?,49?,50-,51-,52-,53-,54-,59?,60-,61-/m0/s1. The van der Waals surface area contributed by atoms with Gasteiger partial charge in [0.05, 0.1) is 19.0 Å². The van der Waals surface area contributed by atoms with Crippen molar-refractivity contribution in [3.8, 4) is 0 Å². The Hall–Kier alpha value is -6.79. The molecular formula is C72H109F10N11O11. The van der Waals surface area contributed by atoms with Gasteiger partial charge in [-0.3, -0.25) is 52.7 Å². The largest absolute Gasteiger partial charge is 0.397 e. The first-order valence-corrected chi connectivity index (χ1v) is 37.1. The van der Waals surface area contributed by atoms with Gasteiger partial charge in [0, 0.05) is 74.8 Å². The smallest absolute Gasteiger partial charge is 0.343 e. The number of likely N-dealkylation sites (N-methyl/N-ethyl adjacent to an activating group) is 7. The summed E-state index contributed by atoms with van der Waals surface area (Å²) >= 11 is 0. The van der Waals surface area contributed by atoms with Crippen molar-refractivity contribution >= 4 is 65.0 Å². The Kier molecular flexibility index (Phi) is 29.4. The number of amides is 11. The minimum Gasteiger partial charge on any atom is -0.343 e. The Labute approximate surface area is 603 Å². The van der Waals surface area contributed by atoms with Crippen LogP contribution in [0.5, 0.6) is 0 Å². The molecule has 2 aliphatic heterocycles. The summed E-state index contributed by atoms with van der Waals surface area (Å²) in [5.41, 5.74) is -1.77. The highest BCUT2D eigenvalue weighted by atomic mass is 19.4. The molecule has 2 unspecified atom stereocenters. The predicted molar refractivity (Wildman–Crippen MR) is 362 cm³/mol. The lowest BCUT2D eigenvalue weighted by Crippen LogP contribution is -2.68. The van der Waals surface area contributed by atoms with Gasteiger partial charge in [-0.2, -0.15) is 26.3 Å². The zero-order chi connectivity index (χ0) is 77.2. The van der Waals surface area contributed by atoms with Crippen LogP contribution in [0.4, 0.5) is 43.9 Å². The normalized spacial score (nSPS) is 32.3. The Morgan fingerprint density at radius 3 is 1.71 bits per heavy atom. The summed E-state index contributed by atoms with van der Waals surface area (Å²) in [7, 11) is 9.20. The first kappa shape index (κ1) is 84.5. The lowest BCUT2D eigenvalue weighted by molar-refractivity contribution is -0.219. The van der Waals surface area contributed by atoms with Gasteiger partial charge in [-0.05, 0) is 152 Å². The van der Waals surface area contributed by atoms with Crippen LogP contribution in [-0.2, 0) is 52.7 Å². The number of carbonyl (C=O) groups is 11. The minimum atomic E-state index is -5.25. The molecule has 0 aromatic heterocycles. The second kappa shape index (κ2) is 36.2. The maximum atomic E-state index is 15.3. The lowest BCUT2D eigenvalue weighted by atomic mass is 9.74. The molecule has 7 rings (SSSR count). The number of halogens is 10. The molecule has 5 aliphatic carbocycles. The minimum absolute atomic E-state index is 0.00862. The van der Waals surface area contributed by atoms with Crippen molar-refractivity contribution in [1.82, 2.24) is 55.1 Å². The van der Waals surface area contributed by atoms with Gasteiger partial charge < -0.3 is 55.1 Å². The summed E-state index contributed by atoms with van der Waals surface area (Å²) in [6.45, 7) is 3.39. The maximum absolute atomic E-state index is 15.3. The van der Waals surface area contributed by atoms with Gasteiger partial charge >= 0.3 is 12.4 Å². The third kappa shape index (κ3) is 21.1. The molecule has 2 heterocycles. The summed E-state index contributed by atoms with van der Waals surface area (Å²) in [5.74, 6) is -16.2. The van der Waals surface area contributed by atoms with Crippen LogP contribution in [0.2, 0.25) is 0 Å². The fourth-order valence-electron chi connectivity index (χ4n) is 16.2. The van der Waals surface area contributed by atoms with E-state index in [4.69, 9.17) is 0 Å². The van der Waals surface area contributed by atoms with Crippen molar-refractivity contribution in [2.75, 3.05) is 69.0 Å².